The molecule has 0 spiro atoms. The van der Waals surface area contributed by atoms with E-state index in [2.05, 4.69) is 10.3 Å². The second kappa shape index (κ2) is 7.20. The van der Waals surface area contributed by atoms with Crippen LogP contribution >= 0.6 is 0 Å². The van der Waals surface area contributed by atoms with Crippen LogP contribution in [0.4, 0.5) is 4.39 Å². The zero-order chi connectivity index (χ0) is 19.7. The number of imidazole rings is 1. The van der Waals surface area contributed by atoms with Crippen LogP contribution in [0.2, 0.25) is 0 Å². The van der Waals surface area contributed by atoms with Gasteiger partial charge in [0.25, 0.3) is 11.5 Å². The lowest BCUT2D eigenvalue weighted by atomic mass is 10.1. The minimum Gasteiger partial charge on any atom is -0.497 e. The Balaban J connectivity index is 2.10. The number of aromatic nitrogens is 3. The summed E-state index contributed by atoms with van der Waals surface area (Å²) in [6.07, 6.45) is 2.92. The van der Waals surface area contributed by atoms with Gasteiger partial charge < -0.3 is 19.7 Å². The first-order valence-electron chi connectivity index (χ1n) is 8.20. The van der Waals surface area contributed by atoms with Crippen molar-refractivity contribution in [3.05, 3.63) is 52.5 Å². The number of halogens is 1. The number of hydrogen-bond donors (Lipinski definition) is 2. The summed E-state index contributed by atoms with van der Waals surface area (Å²) in [6, 6.07) is 3.89. The van der Waals surface area contributed by atoms with Gasteiger partial charge >= 0.3 is 0 Å². The van der Waals surface area contributed by atoms with Crippen molar-refractivity contribution in [2.45, 2.75) is 13.0 Å². The summed E-state index contributed by atoms with van der Waals surface area (Å²) in [5.41, 5.74) is 0.125. The Labute approximate surface area is 153 Å². The number of amides is 1. The number of rotatable bonds is 5. The lowest BCUT2D eigenvalue weighted by Crippen LogP contribution is -2.35. The number of hydrogen-bond acceptors (Lipinski definition) is 5. The highest BCUT2D eigenvalue weighted by Gasteiger charge is 2.18. The van der Waals surface area contributed by atoms with E-state index in [1.165, 1.54) is 47.7 Å². The molecule has 2 N–H and O–H groups in total. The summed E-state index contributed by atoms with van der Waals surface area (Å²) in [7, 11) is 2.94. The number of carbonyl (C=O) groups is 1. The maximum absolute atomic E-state index is 14.4. The molecule has 8 nitrogen and oxygen atoms in total. The first-order valence-corrected chi connectivity index (χ1v) is 8.20. The zero-order valence-corrected chi connectivity index (χ0v) is 15.1. The van der Waals surface area contributed by atoms with E-state index >= 15 is 0 Å². The smallest absolute Gasteiger partial charge is 0.294 e. The molecule has 1 aromatic carbocycles. The molecular formula is C18H19FN4O4. The zero-order valence-electron chi connectivity index (χ0n) is 15.1. The molecule has 27 heavy (non-hydrogen) atoms. The van der Waals surface area contributed by atoms with E-state index in [-0.39, 0.29) is 23.5 Å². The van der Waals surface area contributed by atoms with Crippen LogP contribution in [0.25, 0.3) is 16.9 Å². The normalized spacial score (nSPS) is 12.2. The Morgan fingerprint density at radius 1 is 1.41 bits per heavy atom. The fourth-order valence-electron chi connectivity index (χ4n) is 2.66. The number of benzene rings is 1. The molecule has 0 aliphatic heterocycles. The largest absolute Gasteiger partial charge is 0.497 e. The van der Waals surface area contributed by atoms with Gasteiger partial charge in [0.05, 0.1) is 19.4 Å². The highest BCUT2D eigenvalue weighted by atomic mass is 19.1. The van der Waals surface area contributed by atoms with E-state index in [0.29, 0.717) is 11.4 Å². The van der Waals surface area contributed by atoms with Crippen LogP contribution in [0.5, 0.6) is 5.75 Å². The quantitative estimate of drug-likeness (QED) is 0.693. The number of methoxy groups -OCH3 is 1. The second-order valence-corrected chi connectivity index (χ2v) is 6.14. The van der Waals surface area contributed by atoms with Gasteiger partial charge in [0.1, 0.15) is 17.3 Å². The van der Waals surface area contributed by atoms with E-state index in [0.717, 1.165) is 0 Å². The molecule has 2 heterocycles. The van der Waals surface area contributed by atoms with Gasteiger partial charge in [-0.15, -0.1) is 0 Å². The van der Waals surface area contributed by atoms with Crippen molar-refractivity contribution in [2.24, 2.45) is 7.05 Å². The molecule has 3 rings (SSSR count). The molecule has 0 aliphatic carbocycles. The topological polar surface area (TPSA) is 97.9 Å². The first kappa shape index (κ1) is 18.6. The van der Waals surface area contributed by atoms with Crippen LogP contribution < -0.4 is 15.6 Å². The summed E-state index contributed by atoms with van der Waals surface area (Å²) in [6.45, 7) is 1.42. The molecular weight excluding hydrogens is 355 g/mol. The van der Waals surface area contributed by atoms with Gasteiger partial charge in [0, 0.05) is 37.1 Å². The van der Waals surface area contributed by atoms with Crippen molar-refractivity contribution in [1.82, 2.24) is 19.3 Å². The second-order valence-electron chi connectivity index (χ2n) is 6.14. The number of aliphatic hydroxyl groups excluding tert-OH is 1. The predicted molar refractivity (Wildman–Crippen MR) is 96.4 cm³/mol. The van der Waals surface area contributed by atoms with E-state index < -0.39 is 23.3 Å². The molecule has 0 fully saturated rings. The number of carbonyl (C=O) groups excluding carboxylic acids is 1. The summed E-state index contributed by atoms with van der Waals surface area (Å²) < 4.78 is 22.1. The van der Waals surface area contributed by atoms with Crippen LogP contribution in [0.3, 0.4) is 0 Å². The fraction of sp³-hybridized carbons (Fsp3) is 0.278. The maximum Gasteiger partial charge on any atom is 0.294 e. The van der Waals surface area contributed by atoms with Crippen LogP contribution in [-0.4, -0.2) is 44.7 Å². The van der Waals surface area contributed by atoms with E-state index in [4.69, 9.17) is 9.84 Å². The standard InChI is InChI=1S/C18H19FN4O4/c1-10(9-24)20-17(25)14-7-23-8-15(22(2)18(26)16(23)21-14)12-5-4-11(27-3)6-13(12)19/h4-8,10,24H,9H2,1-3H3,(H,20,25)/t10-/m0/s1. The Hall–Kier alpha value is -3.20. The van der Waals surface area contributed by atoms with E-state index in [1.54, 1.807) is 13.0 Å². The predicted octanol–water partition coefficient (Wildman–Crippen LogP) is 0.958. The molecule has 0 bridgehead atoms. The van der Waals surface area contributed by atoms with E-state index in [1.807, 2.05) is 0 Å². The Morgan fingerprint density at radius 2 is 2.15 bits per heavy atom. The Kier molecular flexibility index (Phi) is 4.95. The fourth-order valence-corrected chi connectivity index (χ4v) is 2.66. The van der Waals surface area contributed by atoms with Crippen molar-refractivity contribution in [3.8, 4) is 17.0 Å². The number of aliphatic hydroxyl groups is 1. The average molecular weight is 374 g/mol. The highest BCUT2D eigenvalue weighted by molar-refractivity contribution is 5.93. The number of ether oxygens (including phenoxy) is 1. The Bertz CT molecular complexity index is 1070. The third-order valence-corrected chi connectivity index (χ3v) is 4.19. The summed E-state index contributed by atoms with van der Waals surface area (Å²) >= 11 is 0. The van der Waals surface area contributed by atoms with Crippen LogP contribution in [0, 0.1) is 5.82 Å². The number of nitrogens with one attached hydrogen (secondary N) is 1. The summed E-state index contributed by atoms with van der Waals surface area (Å²) in [4.78, 5) is 28.9. The SMILES string of the molecule is COc1ccc(-c2cn3cc(C(=O)N[C@@H](C)CO)nc3c(=O)n2C)c(F)c1. The van der Waals surface area contributed by atoms with Gasteiger partial charge in [-0.2, -0.15) is 0 Å². The molecule has 3 aromatic rings. The van der Waals surface area contributed by atoms with Crippen molar-refractivity contribution in [1.29, 1.82) is 0 Å². The summed E-state index contributed by atoms with van der Waals surface area (Å²) in [5.74, 6) is -0.694. The third-order valence-electron chi connectivity index (χ3n) is 4.19. The molecule has 1 atom stereocenters. The molecule has 0 unspecified atom stereocenters. The van der Waals surface area contributed by atoms with E-state index in [9.17, 15) is 14.0 Å². The molecule has 0 aliphatic rings. The first-order chi connectivity index (χ1) is 12.8. The van der Waals surface area contributed by atoms with Gasteiger partial charge in [-0.3, -0.25) is 14.0 Å². The van der Waals surface area contributed by atoms with Crippen molar-refractivity contribution < 1.29 is 19.0 Å². The molecule has 0 radical (unpaired) electrons. The van der Waals surface area contributed by atoms with Crippen LogP contribution in [0.1, 0.15) is 17.4 Å². The van der Waals surface area contributed by atoms with Crippen molar-refractivity contribution in [2.75, 3.05) is 13.7 Å². The van der Waals surface area contributed by atoms with Crippen LogP contribution in [0.15, 0.2) is 35.4 Å². The molecule has 0 saturated carbocycles. The van der Waals surface area contributed by atoms with Crippen molar-refractivity contribution >= 4 is 11.6 Å². The lowest BCUT2D eigenvalue weighted by Gasteiger charge is -2.11. The van der Waals surface area contributed by atoms with Gasteiger partial charge in [-0.1, -0.05) is 0 Å². The monoisotopic (exact) mass is 374 g/mol. The molecule has 9 heteroatoms. The summed E-state index contributed by atoms with van der Waals surface area (Å²) in [5, 5.41) is 11.6. The van der Waals surface area contributed by atoms with Crippen molar-refractivity contribution in [3.63, 3.8) is 0 Å². The van der Waals surface area contributed by atoms with Crippen LogP contribution in [-0.2, 0) is 7.05 Å². The lowest BCUT2D eigenvalue weighted by molar-refractivity contribution is 0.0918. The number of fused-ring (bicyclic) bond motifs is 1. The maximum atomic E-state index is 14.4. The average Bonchev–Trinajstić information content (AvgIpc) is 3.09. The minimum atomic E-state index is -0.543. The highest BCUT2D eigenvalue weighted by Crippen LogP contribution is 2.25. The molecule has 1 amide bonds. The third kappa shape index (κ3) is 3.41. The number of nitrogens with zero attached hydrogens (tertiary/aromatic N) is 3. The minimum absolute atomic E-state index is 0.0275. The van der Waals surface area contributed by atoms with Gasteiger partial charge in [0.15, 0.2) is 0 Å². The molecule has 2 aromatic heterocycles. The molecule has 0 saturated heterocycles. The van der Waals surface area contributed by atoms with Gasteiger partial charge in [-0.25, -0.2) is 9.37 Å². The Morgan fingerprint density at radius 3 is 2.78 bits per heavy atom. The van der Waals surface area contributed by atoms with Gasteiger partial charge in [0.2, 0.25) is 5.65 Å². The van der Waals surface area contributed by atoms with Gasteiger partial charge in [-0.05, 0) is 19.1 Å². The molecule has 142 valence electrons.